The molecule has 0 radical (unpaired) electrons. The second-order valence-corrected chi connectivity index (χ2v) is 7.04. The van der Waals surface area contributed by atoms with E-state index in [-0.39, 0.29) is 18.4 Å². The van der Waals surface area contributed by atoms with E-state index < -0.39 is 10.1 Å². The largest absolute Gasteiger partial charge is 0.338 e. The van der Waals surface area contributed by atoms with Gasteiger partial charge in [0.05, 0.1) is 12.9 Å². The van der Waals surface area contributed by atoms with E-state index in [2.05, 4.69) is 0 Å². The Hall–Kier alpha value is -1.11. The van der Waals surface area contributed by atoms with Gasteiger partial charge in [0.2, 0.25) is 5.91 Å². The van der Waals surface area contributed by atoms with Crippen molar-refractivity contribution in [3.8, 4) is 0 Å². The minimum Gasteiger partial charge on any atom is -0.338 e. The molecule has 20 heavy (non-hydrogen) atoms. The van der Waals surface area contributed by atoms with E-state index in [1.54, 1.807) is 17.0 Å². The smallest absolute Gasteiger partial charge is 0.264 e. The molecule has 1 atom stereocenters. The normalized spacial score (nSPS) is 19.6. The van der Waals surface area contributed by atoms with E-state index in [4.69, 9.17) is 15.8 Å². The second kappa shape index (κ2) is 6.11. The predicted molar refractivity (Wildman–Crippen MR) is 75.8 cm³/mol. The first-order chi connectivity index (χ1) is 9.33. The van der Waals surface area contributed by atoms with Crippen LogP contribution in [0.25, 0.3) is 0 Å². The SMILES string of the molecule is CS(=O)(=O)OC[C@@H]1CC(=O)N(Cc2ccc(Cl)cc2)C1. The number of halogens is 1. The molecule has 0 aliphatic carbocycles. The lowest BCUT2D eigenvalue weighted by atomic mass is 10.1. The Labute approximate surface area is 123 Å². The van der Waals surface area contributed by atoms with Gasteiger partial charge < -0.3 is 4.90 Å². The maximum atomic E-state index is 11.9. The minimum absolute atomic E-state index is 0.0158. The van der Waals surface area contributed by atoms with E-state index in [0.29, 0.717) is 24.5 Å². The lowest BCUT2D eigenvalue weighted by Crippen LogP contribution is -2.25. The number of amides is 1. The van der Waals surface area contributed by atoms with Crippen molar-refractivity contribution in [3.63, 3.8) is 0 Å². The summed E-state index contributed by atoms with van der Waals surface area (Å²) >= 11 is 5.81. The number of benzene rings is 1. The number of carbonyl (C=O) groups is 1. The summed E-state index contributed by atoms with van der Waals surface area (Å²) in [5.74, 6) is -0.0634. The van der Waals surface area contributed by atoms with Crippen LogP contribution in [-0.4, -0.2) is 38.6 Å². The van der Waals surface area contributed by atoms with Gasteiger partial charge in [-0.2, -0.15) is 8.42 Å². The molecule has 0 saturated carbocycles. The van der Waals surface area contributed by atoms with Gasteiger partial charge >= 0.3 is 0 Å². The third-order valence-electron chi connectivity index (χ3n) is 3.10. The minimum atomic E-state index is -3.45. The highest BCUT2D eigenvalue weighted by Crippen LogP contribution is 2.21. The molecule has 0 bridgehead atoms. The third-order valence-corrected chi connectivity index (χ3v) is 3.92. The zero-order valence-electron chi connectivity index (χ0n) is 11.1. The first-order valence-corrected chi connectivity index (χ1v) is 8.39. The first-order valence-electron chi connectivity index (χ1n) is 6.20. The summed E-state index contributed by atoms with van der Waals surface area (Å²) in [6, 6.07) is 7.30. The van der Waals surface area contributed by atoms with Gasteiger partial charge in [0, 0.05) is 30.5 Å². The van der Waals surface area contributed by atoms with E-state index >= 15 is 0 Å². The van der Waals surface area contributed by atoms with Gasteiger partial charge in [0.25, 0.3) is 10.1 Å². The van der Waals surface area contributed by atoms with Crippen molar-refractivity contribution in [2.75, 3.05) is 19.4 Å². The van der Waals surface area contributed by atoms with Crippen LogP contribution in [0, 0.1) is 5.92 Å². The predicted octanol–water partition coefficient (Wildman–Crippen LogP) is 1.66. The van der Waals surface area contributed by atoms with E-state index in [9.17, 15) is 13.2 Å². The van der Waals surface area contributed by atoms with Crippen LogP contribution in [0.5, 0.6) is 0 Å². The lowest BCUT2D eigenvalue weighted by molar-refractivity contribution is -0.128. The molecule has 1 aromatic rings. The molecular weight excluding hydrogens is 302 g/mol. The van der Waals surface area contributed by atoms with Gasteiger partial charge in [0.1, 0.15) is 0 Å². The summed E-state index contributed by atoms with van der Waals surface area (Å²) in [6.45, 7) is 1.07. The second-order valence-electron chi connectivity index (χ2n) is 4.96. The van der Waals surface area contributed by atoms with Crippen LogP contribution in [0.4, 0.5) is 0 Å². The Morgan fingerprint density at radius 3 is 2.60 bits per heavy atom. The van der Waals surface area contributed by atoms with Gasteiger partial charge in [-0.05, 0) is 17.7 Å². The van der Waals surface area contributed by atoms with Crippen molar-refractivity contribution < 1.29 is 17.4 Å². The molecule has 0 unspecified atom stereocenters. The topological polar surface area (TPSA) is 63.7 Å². The zero-order valence-corrected chi connectivity index (χ0v) is 12.7. The molecule has 0 spiro atoms. The molecule has 0 N–H and O–H groups in total. The van der Waals surface area contributed by atoms with Crippen LogP contribution in [0.3, 0.4) is 0 Å². The van der Waals surface area contributed by atoms with Crippen LogP contribution < -0.4 is 0 Å². The zero-order chi connectivity index (χ0) is 14.8. The summed E-state index contributed by atoms with van der Waals surface area (Å²) in [7, 11) is -3.45. The van der Waals surface area contributed by atoms with Crippen molar-refractivity contribution in [1.29, 1.82) is 0 Å². The molecule has 1 aliphatic rings. The Morgan fingerprint density at radius 1 is 1.35 bits per heavy atom. The van der Waals surface area contributed by atoms with Crippen molar-refractivity contribution >= 4 is 27.6 Å². The molecular formula is C13H16ClNO4S. The Bertz CT molecular complexity index is 585. The van der Waals surface area contributed by atoms with Gasteiger partial charge in [0.15, 0.2) is 0 Å². The summed E-state index contributed by atoms with van der Waals surface area (Å²) in [5, 5.41) is 0.654. The molecule has 1 saturated heterocycles. The average molecular weight is 318 g/mol. The molecule has 1 heterocycles. The molecule has 1 amide bonds. The number of rotatable bonds is 5. The summed E-state index contributed by atoms with van der Waals surface area (Å²) in [4.78, 5) is 13.6. The molecule has 7 heteroatoms. The summed E-state index contributed by atoms with van der Waals surface area (Å²) in [6.07, 6.45) is 1.33. The highest BCUT2D eigenvalue weighted by atomic mass is 35.5. The van der Waals surface area contributed by atoms with Gasteiger partial charge in [-0.15, -0.1) is 0 Å². The maximum absolute atomic E-state index is 11.9. The number of nitrogens with zero attached hydrogens (tertiary/aromatic N) is 1. The Morgan fingerprint density at radius 2 is 2.00 bits per heavy atom. The van der Waals surface area contributed by atoms with E-state index in [1.165, 1.54) is 0 Å². The summed E-state index contributed by atoms with van der Waals surface area (Å²) in [5.41, 5.74) is 0.993. The highest BCUT2D eigenvalue weighted by Gasteiger charge is 2.30. The van der Waals surface area contributed by atoms with Crippen molar-refractivity contribution in [1.82, 2.24) is 4.90 Å². The molecule has 2 rings (SSSR count). The van der Waals surface area contributed by atoms with Gasteiger partial charge in [-0.25, -0.2) is 0 Å². The molecule has 110 valence electrons. The highest BCUT2D eigenvalue weighted by molar-refractivity contribution is 7.85. The monoisotopic (exact) mass is 317 g/mol. The number of carbonyl (C=O) groups excluding carboxylic acids is 1. The molecule has 1 fully saturated rings. The average Bonchev–Trinajstić information content (AvgIpc) is 2.70. The van der Waals surface area contributed by atoms with Crippen molar-refractivity contribution in [2.24, 2.45) is 5.92 Å². The Balaban J connectivity index is 1.91. The van der Waals surface area contributed by atoms with Crippen LogP contribution in [-0.2, 0) is 25.6 Å². The molecule has 0 aromatic heterocycles. The lowest BCUT2D eigenvalue weighted by Gasteiger charge is -2.16. The number of likely N-dealkylation sites (tertiary alicyclic amines) is 1. The van der Waals surface area contributed by atoms with Crippen LogP contribution in [0.2, 0.25) is 5.02 Å². The fraction of sp³-hybridized carbons (Fsp3) is 0.462. The number of hydrogen-bond acceptors (Lipinski definition) is 4. The molecule has 5 nitrogen and oxygen atoms in total. The first kappa shape index (κ1) is 15.3. The molecule has 1 aromatic carbocycles. The van der Waals surface area contributed by atoms with Crippen molar-refractivity contribution in [2.45, 2.75) is 13.0 Å². The molecule has 1 aliphatic heterocycles. The number of hydrogen-bond donors (Lipinski definition) is 0. The Kier molecular flexibility index (Phi) is 4.67. The fourth-order valence-corrected chi connectivity index (χ4v) is 2.71. The van der Waals surface area contributed by atoms with Crippen molar-refractivity contribution in [3.05, 3.63) is 34.9 Å². The fourth-order valence-electron chi connectivity index (χ4n) is 2.15. The standard InChI is InChI=1S/C13H16ClNO4S/c1-20(17,18)19-9-11-6-13(16)15(8-11)7-10-2-4-12(14)5-3-10/h2-5,11H,6-9H2,1H3/t11-/m1/s1. The van der Waals surface area contributed by atoms with Crippen LogP contribution in [0.15, 0.2) is 24.3 Å². The third kappa shape index (κ3) is 4.47. The quantitative estimate of drug-likeness (QED) is 0.775. The van der Waals surface area contributed by atoms with Crippen LogP contribution >= 0.6 is 11.6 Å². The van der Waals surface area contributed by atoms with Crippen LogP contribution in [0.1, 0.15) is 12.0 Å². The van der Waals surface area contributed by atoms with Gasteiger partial charge in [-0.1, -0.05) is 23.7 Å². The maximum Gasteiger partial charge on any atom is 0.264 e. The van der Waals surface area contributed by atoms with E-state index in [0.717, 1.165) is 11.8 Å². The van der Waals surface area contributed by atoms with Gasteiger partial charge in [-0.3, -0.25) is 8.98 Å². The summed E-state index contributed by atoms with van der Waals surface area (Å²) < 4.78 is 26.6. The van der Waals surface area contributed by atoms with E-state index in [1.807, 2.05) is 12.1 Å².